The Bertz CT molecular complexity index is 922. The summed E-state index contributed by atoms with van der Waals surface area (Å²) in [6.07, 6.45) is 0. The molecule has 0 saturated carbocycles. The van der Waals surface area contributed by atoms with Gasteiger partial charge in [0.1, 0.15) is 18.1 Å². The van der Waals surface area contributed by atoms with Crippen molar-refractivity contribution in [3.63, 3.8) is 0 Å². The lowest BCUT2D eigenvalue weighted by Gasteiger charge is -2.10. The fourth-order valence-corrected chi connectivity index (χ4v) is 2.59. The summed E-state index contributed by atoms with van der Waals surface area (Å²) in [5.74, 6) is 1.73. The Morgan fingerprint density at radius 3 is 2.61 bits per heavy atom. The van der Waals surface area contributed by atoms with Crippen LogP contribution >= 0.6 is 0 Å². The Labute approximate surface area is 163 Å². The molecule has 1 N–H and O–H groups in total. The average molecular weight is 381 g/mol. The molecule has 0 aliphatic carbocycles. The number of amides is 1. The molecule has 0 saturated heterocycles. The van der Waals surface area contributed by atoms with Crippen LogP contribution in [0.15, 0.2) is 48.5 Å². The topological polar surface area (TPSA) is 91.2 Å². The van der Waals surface area contributed by atoms with E-state index < -0.39 is 0 Å². The highest BCUT2D eigenvalue weighted by molar-refractivity contribution is 6.04. The van der Waals surface area contributed by atoms with Crippen LogP contribution in [0.3, 0.4) is 0 Å². The normalized spacial score (nSPS) is 10.7. The van der Waals surface area contributed by atoms with Gasteiger partial charge in [-0.2, -0.15) is 0 Å². The van der Waals surface area contributed by atoms with Crippen molar-refractivity contribution in [2.75, 3.05) is 11.9 Å². The number of nitrogens with one attached hydrogen (secondary N) is 1. The smallest absolute Gasteiger partial charge is 0.255 e. The monoisotopic (exact) mass is 381 g/mol. The first-order valence-electron chi connectivity index (χ1n) is 9.10. The Morgan fingerprint density at radius 1 is 1.11 bits per heavy atom. The summed E-state index contributed by atoms with van der Waals surface area (Å²) in [5.41, 5.74) is 1.19. The van der Waals surface area contributed by atoms with E-state index in [9.17, 15) is 4.79 Å². The van der Waals surface area contributed by atoms with E-state index in [4.69, 9.17) is 9.47 Å². The van der Waals surface area contributed by atoms with Crippen LogP contribution in [0.2, 0.25) is 0 Å². The maximum Gasteiger partial charge on any atom is 0.255 e. The number of hydrogen-bond acceptors (Lipinski definition) is 6. The fourth-order valence-electron chi connectivity index (χ4n) is 2.59. The van der Waals surface area contributed by atoms with Crippen molar-refractivity contribution in [3.05, 3.63) is 59.9 Å². The Balaban J connectivity index is 1.63. The molecule has 1 aromatic heterocycles. The molecule has 1 amide bonds. The summed E-state index contributed by atoms with van der Waals surface area (Å²) in [6.45, 7) is 6.72. The average Bonchev–Trinajstić information content (AvgIpc) is 3.17. The number of benzene rings is 2. The van der Waals surface area contributed by atoms with Crippen molar-refractivity contribution < 1.29 is 14.3 Å². The van der Waals surface area contributed by atoms with Gasteiger partial charge in [0.25, 0.3) is 5.91 Å². The second-order valence-corrected chi connectivity index (χ2v) is 6.36. The Kier molecular flexibility index (Phi) is 6.21. The van der Waals surface area contributed by atoms with Crippen LogP contribution in [0.25, 0.3) is 0 Å². The summed E-state index contributed by atoms with van der Waals surface area (Å²) >= 11 is 0. The van der Waals surface area contributed by atoms with Crippen molar-refractivity contribution in [1.82, 2.24) is 20.2 Å². The van der Waals surface area contributed by atoms with Crippen LogP contribution in [0, 0.1) is 0 Å². The molecule has 3 rings (SSSR count). The molecule has 8 heteroatoms. The minimum absolute atomic E-state index is 0.139. The van der Waals surface area contributed by atoms with Gasteiger partial charge in [-0.05, 0) is 73.7 Å². The van der Waals surface area contributed by atoms with E-state index in [1.165, 1.54) is 0 Å². The van der Waals surface area contributed by atoms with Gasteiger partial charge in [-0.15, -0.1) is 5.10 Å². The second-order valence-electron chi connectivity index (χ2n) is 6.36. The van der Waals surface area contributed by atoms with Crippen molar-refractivity contribution in [3.8, 4) is 11.5 Å². The predicted molar refractivity (Wildman–Crippen MR) is 105 cm³/mol. The molecule has 8 nitrogen and oxygen atoms in total. The third-order valence-corrected chi connectivity index (χ3v) is 3.94. The van der Waals surface area contributed by atoms with Crippen molar-refractivity contribution in [1.29, 1.82) is 0 Å². The van der Waals surface area contributed by atoms with Crippen LogP contribution in [0.5, 0.6) is 11.5 Å². The maximum atomic E-state index is 12.5. The molecule has 2 aromatic carbocycles. The van der Waals surface area contributed by atoms with Crippen LogP contribution in [-0.4, -0.2) is 32.7 Å². The van der Waals surface area contributed by atoms with Gasteiger partial charge in [0.15, 0.2) is 5.82 Å². The first-order chi connectivity index (χ1) is 13.6. The first kappa shape index (κ1) is 19.3. The summed E-state index contributed by atoms with van der Waals surface area (Å²) < 4.78 is 12.9. The number of hydrogen-bond donors (Lipinski definition) is 1. The number of tetrazole rings is 1. The fraction of sp³-hybridized carbons (Fsp3) is 0.300. The minimum atomic E-state index is -0.221. The van der Waals surface area contributed by atoms with Crippen LogP contribution in [-0.2, 0) is 6.61 Å². The molecule has 28 heavy (non-hydrogen) atoms. The van der Waals surface area contributed by atoms with Crippen molar-refractivity contribution in [2.24, 2.45) is 0 Å². The number of rotatable bonds is 8. The summed E-state index contributed by atoms with van der Waals surface area (Å²) in [4.78, 5) is 12.5. The highest BCUT2D eigenvalue weighted by Crippen LogP contribution is 2.19. The predicted octanol–water partition coefficient (Wildman–Crippen LogP) is 3.48. The van der Waals surface area contributed by atoms with Gasteiger partial charge in [-0.3, -0.25) is 4.79 Å². The number of carbonyl (C=O) groups excluding carboxylic acids is 1. The zero-order valence-electron chi connectivity index (χ0n) is 16.1. The number of ether oxygens (including phenoxy) is 2. The number of carbonyl (C=O) groups is 1. The molecule has 0 aliphatic heterocycles. The zero-order valence-corrected chi connectivity index (χ0v) is 16.1. The SMILES string of the molecule is CCOc1ccc(NC(=O)c2cccc(OCc3nnnn3C(C)C)c2)cc1. The third-order valence-electron chi connectivity index (χ3n) is 3.94. The van der Waals surface area contributed by atoms with Crippen molar-refractivity contribution in [2.45, 2.75) is 33.4 Å². The lowest BCUT2D eigenvalue weighted by atomic mass is 10.2. The number of nitrogens with zero attached hydrogens (tertiary/aromatic N) is 4. The molecule has 0 aliphatic rings. The standard InChI is InChI=1S/C20H23N5O3/c1-4-27-17-10-8-16(9-11-17)21-20(26)15-6-5-7-18(12-15)28-13-19-22-23-24-25(19)14(2)3/h5-12,14H,4,13H2,1-3H3,(H,21,26). The third kappa shape index (κ3) is 4.85. The van der Waals surface area contributed by atoms with Gasteiger partial charge >= 0.3 is 0 Å². The van der Waals surface area contributed by atoms with Gasteiger partial charge in [0.2, 0.25) is 0 Å². The highest BCUT2D eigenvalue weighted by Gasteiger charge is 2.11. The second kappa shape index (κ2) is 8.98. The van der Waals surface area contributed by atoms with E-state index in [2.05, 4.69) is 20.8 Å². The molecule has 0 radical (unpaired) electrons. The van der Waals surface area contributed by atoms with Crippen LogP contribution < -0.4 is 14.8 Å². The molecule has 0 bridgehead atoms. The molecule has 146 valence electrons. The summed E-state index contributed by atoms with van der Waals surface area (Å²) in [5, 5.41) is 14.5. The van der Waals surface area contributed by atoms with Gasteiger partial charge in [0, 0.05) is 11.3 Å². The first-order valence-corrected chi connectivity index (χ1v) is 9.10. The molecular formula is C20H23N5O3. The van der Waals surface area contributed by atoms with Crippen LogP contribution in [0.1, 0.15) is 43.0 Å². The Morgan fingerprint density at radius 2 is 1.89 bits per heavy atom. The lowest BCUT2D eigenvalue weighted by Crippen LogP contribution is -2.13. The van der Waals surface area contributed by atoms with E-state index >= 15 is 0 Å². The van der Waals surface area contributed by atoms with E-state index in [0.29, 0.717) is 29.4 Å². The maximum absolute atomic E-state index is 12.5. The van der Waals surface area contributed by atoms with Gasteiger partial charge in [-0.25, -0.2) is 4.68 Å². The molecule has 0 atom stereocenters. The number of aromatic nitrogens is 4. The van der Waals surface area contributed by atoms with Gasteiger partial charge in [-0.1, -0.05) is 6.07 Å². The molecule has 0 spiro atoms. The quantitative estimate of drug-likeness (QED) is 0.642. The highest BCUT2D eigenvalue weighted by atomic mass is 16.5. The number of anilines is 1. The van der Waals surface area contributed by atoms with E-state index in [0.717, 1.165) is 5.75 Å². The molecular weight excluding hydrogens is 358 g/mol. The molecule has 0 fully saturated rings. The largest absolute Gasteiger partial charge is 0.494 e. The molecule has 3 aromatic rings. The Hall–Kier alpha value is -3.42. The molecule has 0 unspecified atom stereocenters. The summed E-state index contributed by atoms with van der Waals surface area (Å²) in [6, 6.07) is 14.4. The van der Waals surface area contributed by atoms with Crippen molar-refractivity contribution >= 4 is 11.6 Å². The summed E-state index contributed by atoms with van der Waals surface area (Å²) in [7, 11) is 0. The minimum Gasteiger partial charge on any atom is -0.494 e. The van der Waals surface area contributed by atoms with E-state index in [1.54, 1.807) is 41.1 Å². The van der Waals surface area contributed by atoms with E-state index in [-0.39, 0.29) is 18.6 Å². The zero-order chi connectivity index (χ0) is 19.9. The van der Waals surface area contributed by atoms with E-state index in [1.807, 2.05) is 32.9 Å². The van der Waals surface area contributed by atoms with Gasteiger partial charge in [0.05, 0.1) is 12.6 Å². The lowest BCUT2D eigenvalue weighted by molar-refractivity contribution is 0.102. The van der Waals surface area contributed by atoms with Gasteiger partial charge < -0.3 is 14.8 Å². The van der Waals surface area contributed by atoms with Crippen LogP contribution in [0.4, 0.5) is 5.69 Å². The molecule has 1 heterocycles.